The van der Waals surface area contributed by atoms with E-state index >= 15 is 0 Å². The summed E-state index contributed by atoms with van der Waals surface area (Å²) in [6, 6.07) is 8.99. The lowest BCUT2D eigenvalue weighted by Gasteiger charge is -2.05. The van der Waals surface area contributed by atoms with Gasteiger partial charge in [0.15, 0.2) is 0 Å². The second-order valence-electron chi connectivity index (χ2n) is 8.06. The smallest absolute Gasteiger partial charge is 0.257 e. The molecule has 0 saturated heterocycles. The Labute approximate surface area is 219 Å². The number of fused-ring (bicyclic) bond motifs is 1. The largest absolute Gasteiger partial charge is 0.497 e. The number of hydrogen-bond acceptors (Lipinski definition) is 6. The number of H-pyrrole nitrogens is 1. The SMILES string of the molecule is COC(/C=C\C=C\C(C)O)=C/CCNCc1cc2c(=O)c(C(=O)NCc3ccc(Cl)cc3)c[nH]c2s1. The molecule has 3 rings (SSSR count). The Morgan fingerprint density at radius 1 is 1.25 bits per heavy atom. The molecule has 7 nitrogen and oxygen atoms in total. The van der Waals surface area contributed by atoms with Gasteiger partial charge >= 0.3 is 0 Å². The number of methoxy groups -OCH3 is 1. The van der Waals surface area contributed by atoms with Gasteiger partial charge in [0, 0.05) is 29.2 Å². The quantitative estimate of drug-likeness (QED) is 0.156. The molecule has 2 aromatic heterocycles. The maximum Gasteiger partial charge on any atom is 0.257 e. The highest BCUT2D eigenvalue weighted by atomic mass is 35.5. The monoisotopic (exact) mass is 527 g/mol. The predicted molar refractivity (Wildman–Crippen MR) is 146 cm³/mol. The van der Waals surface area contributed by atoms with Crippen molar-refractivity contribution >= 4 is 39.1 Å². The first kappa shape index (κ1) is 27.4. The second kappa shape index (κ2) is 13.8. The maximum atomic E-state index is 12.9. The van der Waals surface area contributed by atoms with Crippen LogP contribution in [0.4, 0.5) is 0 Å². The number of aromatic amines is 1. The second-order valence-corrected chi connectivity index (χ2v) is 9.63. The van der Waals surface area contributed by atoms with Crippen molar-refractivity contribution in [3.05, 3.63) is 104 Å². The summed E-state index contributed by atoms with van der Waals surface area (Å²) in [6.07, 6.45) is 10.8. The molecule has 1 amide bonds. The number of carbonyl (C=O) groups is 1. The minimum atomic E-state index is -0.484. The van der Waals surface area contributed by atoms with Crippen LogP contribution in [0.15, 0.2) is 77.5 Å². The van der Waals surface area contributed by atoms with Crippen LogP contribution in [-0.4, -0.2) is 35.8 Å². The molecule has 9 heteroatoms. The number of hydrogen-bond donors (Lipinski definition) is 4. The molecule has 0 aliphatic carbocycles. The number of pyridine rings is 1. The first-order valence-corrected chi connectivity index (χ1v) is 12.7. The molecule has 190 valence electrons. The van der Waals surface area contributed by atoms with Crippen molar-refractivity contribution in [2.45, 2.75) is 32.5 Å². The van der Waals surface area contributed by atoms with Crippen LogP contribution in [0.2, 0.25) is 5.02 Å². The third-order valence-electron chi connectivity index (χ3n) is 5.19. The number of rotatable bonds is 12. The van der Waals surface area contributed by atoms with Gasteiger partial charge in [-0.1, -0.05) is 42.0 Å². The summed E-state index contributed by atoms with van der Waals surface area (Å²) in [7, 11) is 1.61. The lowest BCUT2D eigenvalue weighted by Crippen LogP contribution is -2.28. The number of halogens is 1. The molecule has 1 unspecified atom stereocenters. The van der Waals surface area contributed by atoms with E-state index in [0.29, 0.717) is 23.5 Å². The van der Waals surface area contributed by atoms with Gasteiger partial charge in [0.1, 0.15) is 16.2 Å². The van der Waals surface area contributed by atoms with Gasteiger partial charge in [-0.25, -0.2) is 0 Å². The van der Waals surface area contributed by atoms with Crippen molar-refractivity contribution in [2.24, 2.45) is 0 Å². The van der Waals surface area contributed by atoms with Gasteiger partial charge in [0.2, 0.25) is 5.43 Å². The summed E-state index contributed by atoms with van der Waals surface area (Å²) in [4.78, 5) is 30.3. The third kappa shape index (κ3) is 8.20. The minimum Gasteiger partial charge on any atom is -0.497 e. The number of allylic oxidation sites excluding steroid dienone is 3. The minimum absolute atomic E-state index is 0.0855. The molecule has 1 atom stereocenters. The Balaban J connectivity index is 1.54. The number of aliphatic hydroxyl groups excluding tert-OH is 1. The Morgan fingerprint density at radius 2 is 2.03 bits per heavy atom. The number of amides is 1. The molecular weight excluding hydrogens is 498 g/mol. The fourth-order valence-electron chi connectivity index (χ4n) is 3.32. The molecular formula is C27H30ClN3O4S. The normalized spacial score (nSPS) is 13.1. The first-order valence-electron chi connectivity index (χ1n) is 11.5. The number of carbonyl (C=O) groups excluding carboxylic acids is 1. The maximum absolute atomic E-state index is 12.9. The highest BCUT2D eigenvalue weighted by Crippen LogP contribution is 2.21. The molecule has 2 heterocycles. The van der Waals surface area contributed by atoms with Crippen molar-refractivity contribution in [1.29, 1.82) is 0 Å². The topological polar surface area (TPSA) is 103 Å². The zero-order chi connectivity index (χ0) is 25.9. The summed E-state index contributed by atoms with van der Waals surface area (Å²) in [5, 5.41) is 16.5. The molecule has 0 fully saturated rings. The van der Waals surface area contributed by atoms with E-state index in [9.17, 15) is 14.7 Å². The van der Waals surface area contributed by atoms with E-state index in [4.69, 9.17) is 16.3 Å². The number of aromatic nitrogens is 1. The van der Waals surface area contributed by atoms with E-state index in [1.165, 1.54) is 17.5 Å². The zero-order valence-electron chi connectivity index (χ0n) is 20.2. The Bertz CT molecular complexity index is 1310. The van der Waals surface area contributed by atoms with Gasteiger partial charge in [-0.05, 0) is 55.8 Å². The lowest BCUT2D eigenvalue weighted by molar-refractivity contribution is 0.0949. The highest BCUT2D eigenvalue weighted by molar-refractivity contribution is 7.18. The molecule has 0 bridgehead atoms. The zero-order valence-corrected chi connectivity index (χ0v) is 21.8. The van der Waals surface area contributed by atoms with Crippen LogP contribution in [0.25, 0.3) is 10.2 Å². The van der Waals surface area contributed by atoms with E-state index < -0.39 is 12.0 Å². The van der Waals surface area contributed by atoms with E-state index in [1.54, 1.807) is 38.3 Å². The van der Waals surface area contributed by atoms with Crippen molar-refractivity contribution in [2.75, 3.05) is 13.7 Å². The van der Waals surface area contributed by atoms with Crippen molar-refractivity contribution in [3.8, 4) is 0 Å². The fraction of sp³-hybridized carbons (Fsp3) is 0.259. The van der Waals surface area contributed by atoms with Gasteiger partial charge in [0.25, 0.3) is 5.91 Å². The van der Waals surface area contributed by atoms with Crippen LogP contribution in [0.5, 0.6) is 0 Å². The summed E-state index contributed by atoms with van der Waals surface area (Å²) < 4.78 is 5.33. The standard InChI is InChI=1S/C27H30ClN3O4S/c1-18(32)6-3-4-7-21(35-2)8-5-13-29-16-22-14-23-25(33)24(17-31-27(23)36-22)26(34)30-15-19-9-11-20(28)12-10-19/h3-4,6-12,14,17-18,29,32H,5,13,15-16H2,1-2H3,(H,30,34)(H,31,33)/b6-3+,7-4-,21-8+. The summed E-state index contributed by atoms with van der Waals surface area (Å²) in [5.74, 6) is 0.316. The van der Waals surface area contributed by atoms with Gasteiger partial charge in [0.05, 0.1) is 18.6 Å². The van der Waals surface area contributed by atoms with Crippen LogP contribution in [0.1, 0.15) is 34.1 Å². The molecule has 0 radical (unpaired) electrons. The van der Waals surface area contributed by atoms with Crippen molar-refractivity contribution in [3.63, 3.8) is 0 Å². The van der Waals surface area contributed by atoms with E-state index in [1.807, 2.05) is 36.4 Å². The van der Waals surface area contributed by atoms with Crippen LogP contribution < -0.4 is 16.1 Å². The van der Waals surface area contributed by atoms with Crippen LogP contribution in [0.3, 0.4) is 0 Å². The number of ether oxygens (including phenoxy) is 1. The Hall–Kier alpha value is -3.17. The summed E-state index contributed by atoms with van der Waals surface area (Å²) in [6.45, 7) is 3.33. The Morgan fingerprint density at radius 3 is 2.75 bits per heavy atom. The molecule has 4 N–H and O–H groups in total. The number of thiophene rings is 1. The van der Waals surface area contributed by atoms with Gasteiger partial charge in [-0.3, -0.25) is 9.59 Å². The van der Waals surface area contributed by atoms with Gasteiger partial charge in [-0.2, -0.15) is 0 Å². The highest BCUT2D eigenvalue weighted by Gasteiger charge is 2.15. The summed E-state index contributed by atoms with van der Waals surface area (Å²) in [5.41, 5.74) is 0.692. The fourth-order valence-corrected chi connectivity index (χ4v) is 4.44. The van der Waals surface area contributed by atoms with Crippen molar-refractivity contribution in [1.82, 2.24) is 15.6 Å². The number of aliphatic hydroxyl groups is 1. The van der Waals surface area contributed by atoms with Crippen LogP contribution in [-0.2, 0) is 17.8 Å². The average molecular weight is 528 g/mol. The first-order chi connectivity index (χ1) is 17.4. The number of benzene rings is 1. The predicted octanol–water partition coefficient (Wildman–Crippen LogP) is 4.68. The molecule has 0 aliphatic rings. The molecule has 0 spiro atoms. The molecule has 0 aliphatic heterocycles. The molecule has 36 heavy (non-hydrogen) atoms. The van der Waals surface area contributed by atoms with Crippen LogP contribution in [0, 0.1) is 0 Å². The van der Waals surface area contributed by atoms with E-state index in [-0.39, 0.29) is 11.0 Å². The van der Waals surface area contributed by atoms with Crippen LogP contribution >= 0.6 is 22.9 Å². The molecule has 0 saturated carbocycles. The number of nitrogens with one attached hydrogen (secondary N) is 3. The third-order valence-corrected chi connectivity index (χ3v) is 6.51. The molecule has 3 aromatic rings. The summed E-state index contributed by atoms with van der Waals surface area (Å²) >= 11 is 7.38. The average Bonchev–Trinajstić information content (AvgIpc) is 3.28. The lowest BCUT2D eigenvalue weighted by atomic mass is 10.2. The van der Waals surface area contributed by atoms with Crippen molar-refractivity contribution < 1.29 is 14.6 Å². The van der Waals surface area contributed by atoms with Gasteiger partial charge in [-0.15, -0.1) is 11.3 Å². The van der Waals surface area contributed by atoms with Gasteiger partial charge < -0.3 is 25.5 Å². The Kier molecular flexibility index (Phi) is 10.5. The van der Waals surface area contributed by atoms with E-state index in [2.05, 4.69) is 15.6 Å². The van der Waals surface area contributed by atoms with E-state index in [0.717, 1.165) is 34.0 Å². The molecule has 1 aromatic carbocycles.